The van der Waals surface area contributed by atoms with Crippen LogP contribution < -0.4 is 34.4 Å². The highest BCUT2D eigenvalue weighted by atomic mass is 127. The number of methoxy groups -OCH3 is 1. The topological polar surface area (TPSA) is 91.2 Å². The van der Waals surface area contributed by atoms with Crippen molar-refractivity contribution in [2.45, 2.75) is 39.8 Å². The molecule has 10 heteroatoms. The summed E-state index contributed by atoms with van der Waals surface area (Å²) in [5.74, 6) is 1.64. The number of amides is 1. The highest BCUT2D eigenvalue weighted by Crippen LogP contribution is 2.35. The number of allylic oxidation sites excluding steroid dienone is 1. The summed E-state index contributed by atoms with van der Waals surface area (Å²) in [7, 11) is 1.60. The van der Waals surface area contributed by atoms with E-state index in [0.717, 1.165) is 14.7 Å². The van der Waals surface area contributed by atoms with E-state index in [9.17, 15) is 9.59 Å². The van der Waals surface area contributed by atoms with Crippen LogP contribution in [0.1, 0.15) is 44.9 Å². The Morgan fingerprint density at radius 2 is 1.86 bits per heavy atom. The number of hydrogen-bond acceptors (Lipinski definition) is 7. The summed E-state index contributed by atoms with van der Waals surface area (Å²) < 4.78 is 20.2. The number of thiazole rings is 1. The predicted molar refractivity (Wildman–Crippen MR) is 178 cm³/mol. The van der Waals surface area contributed by atoms with Crippen molar-refractivity contribution in [2.24, 2.45) is 4.99 Å². The van der Waals surface area contributed by atoms with Crippen molar-refractivity contribution >= 4 is 51.6 Å². The first kappa shape index (κ1) is 30.6. The fourth-order valence-corrected chi connectivity index (χ4v) is 6.68. The number of aromatic nitrogens is 1. The molecule has 0 fully saturated rings. The molecule has 222 valence electrons. The summed E-state index contributed by atoms with van der Waals surface area (Å²) in [5.41, 5.74) is 2.93. The Morgan fingerprint density at radius 1 is 1.14 bits per heavy atom. The number of rotatable bonds is 9. The molecule has 0 radical (unpaired) electrons. The van der Waals surface area contributed by atoms with Gasteiger partial charge in [0.05, 0.1) is 45.2 Å². The maximum absolute atomic E-state index is 14.1. The Balaban J connectivity index is 1.64. The van der Waals surface area contributed by atoms with E-state index in [0.29, 0.717) is 50.1 Å². The number of anilines is 1. The third-order valence-corrected chi connectivity index (χ3v) is 8.49. The van der Waals surface area contributed by atoms with Crippen LogP contribution in [0.15, 0.2) is 87.8 Å². The molecular weight excluding hydrogens is 677 g/mol. The molecule has 1 amide bonds. The number of para-hydroxylation sites is 1. The van der Waals surface area contributed by atoms with Crippen molar-refractivity contribution in [1.82, 2.24) is 4.57 Å². The van der Waals surface area contributed by atoms with Crippen LogP contribution in [0.3, 0.4) is 0 Å². The fraction of sp³-hybridized carbons (Fsp3) is 0.242. The van der Waals surface area contributed by atoms with Crippen LogP contribution in [0.25, 0.3) is 6.08 Å². The summed E-state index contributed by atoms with van der Waals surface area (Å²) in [4.78, 5) is 33.1. The van der Waals surface area contributed by atoms with E-state index >= 15 is 0 Å². The number of fused-ring (bicyclic) bond motifs is 1. The Hall–Kier alpha value is -3.90. The number of ether oxygens (including phenoxy) is 3. The van der Waals surface area contributed by atoms with Crippen molar-refractivity contribution in [2.75, 3.05) is 19.0 Å². The number of hydrogen-bond donors (Lipinski definition) is 1. The van der Waals surface area contributed by atoms with Crippen LogP contribution >= 0.6 is 33.9 Å². The first-order chi connectivity index (χ1) is 20.7. The van der Waals surface area contributed by atoms with Gasteiger partial charge in [-0.05, 0) is 104 Å². The predicted octanol–water partition coefficient (Wildman–Crippen LogP) is 5.67. The van der Waals surface area contributed by atoms with Gasteiger partial charge in [-0.25, -0.2) is 4.99 Å². The molecule has 1 aliphatic rings. The minimum Gasteiger partial charge on any atom is -0.494 e. The SMILES string of the molecule is CCOc1ccc([C@@H]2C(C(=O)Nc3ccccc3)=C(C)N=c3s/c(=C\c4cc(I)c(OC(C)C)c(OC)c4)c(=O)n32)cc1. The number of benzene rings is 3. The van der Waals surface area contributed by atoms with Gasteiger partial charge < -0.3 is 19.5 Å². The molecule has 1 N–H and O–H groups in total. The average molecular weight is 710 g/mol. The largest absolute Gasteiger partial charge is 0.494 e. The summed E-state index contributed by atoms with van der Waals surface area (Å²) >= 11 is 3.50. The Kier molecular flexibility index (Phi) is 9.36. The lowest BCUT2D eigenvalue weighted by Gasteiger charge is -2.25. The second-order valence-corrected chi connectivity index (χ2v) is 12.3. The molecule has 5 rings (SSSR count). The molecule has 0 spiro atoms. The van der Waals surface area contributed by atoms with Gasteiger partial charge >= 0.3 is 0 Å². The van der Waals surface area contributed by atoms with Gasteiger partial charge in [0.2, 0.25) is 0 Å². The smallest absolute Gasteiger partial charge is 0.271 e. The van der Waals surface area contributed by atoms with E-state index in [2.05, 4.69) is 27.9 Å². The van der Waals surface area contributed by atoms with Gasteiger partial charge in [-0.1, -0.05) is 41.7 Å². The molecule has 2 heterocycles. The fourth-order valence-electron chi connectivity index (χ4n) is 4.88. The number of carbonyl (C=O) groups is 1. The normalized spacial score (nSPS) is 14.8. The van der Waals surface area contributed by atoms with Crippen LogP contribution in [0.2, 0.25) is 0 Å². The van der Waals surface area contributed by atoms with Gasteiger partial charge in [0.15, 0.2) is 16.3 Å². The summed E-state index contributed by atoms with van der Waals surface area (Å²) in [6, 6.07) is 19.8. The zero-order valence-corrected chi connectivity index (χ0v) is 27.5. The Labute approximate surface area is 267 Å². The molecule has 0 bridgehead atoms. The standard InChI is InChI=1S/C33H32IN3O5S/c1-6-41-24-14-12-22(13-15-24)29-28(31(38)36-23-10-8-7-9-11-23)20(4)35-33-37(29)32(39)27(43-33)18-21-16-25(34)30(42-19(2)3)26(17-21)40-5/h7-19,29H,6H2,1-5H3,(H,36,38)/b27-18-/t29-/m1/s1. The van der Waals surface area contributed by atoms with Crippen LogP contribution in [0.4, 0.5) is 5.69 Å². The molecule has 0 saturated heterocycles. The van der Waals surface area contributed by atoms with E-state index in [1.807, 2.05) is 93.6 Å². The second kappa shape index (κ2) is 13.2. The quantitative estimate of drug-likeness (QED) is 0.226. The molecule has 0 saturated carbocycles. The minimum absolute atomic E-state index is 0.0175. The average Bonchev–Trinajstić information content (AvgIpc) is 3.28. The zero-order valence-electron chi connectivity index (χ0n) is 24.5. The third-order valence-electron chi connectivity index (χ3n) is 6.71. The number of nitrogens with one attached hydrogen (secondary N) is 1. The highest BCUT2D eigenvalue weighted by molar-refractivity contribution is 14.1. The van der Waals surface area contributed by atoms with Gasteiger partial charge in [-0.3, -0.25) is 14.2 Å². The first-order valence-electron chi connectivity index (χ1n) is 13.9. The van der Waals surface area contributed by atoms with Crippen molar-refractivity contribution in [3.05, 3.63) is 112 Å². The van der Waals surface area contributed by atoms with Crippen LogP contribution in [-0.4, -0.2) is 30.3 Å². The zero-order chi connectivity index (χ0) is 30.7. The number of halogens is 1. The second-order valence-electron chi connectivity index (χ2n) is 10.1. The molecule has 0 aliphatic carbocycles. The molecule has 3 aromatic carbocycles. The first-order valence-corrected chi connectivity index (χ1v) is 15.8. The molecular formula is C33H32IN3O5S. The van der Waals surface area contributed by atoms with Crippen LogP contribution in [0, 0.1) is 3.57 Å². The summed E-state index contributed by atoms with van der Waals surface area (Å²) in [6.07, 6.45) is 1.81. The van der Waals surface area contributed by atoms with E-state index in [1.165, 1.54) is 11.3 Å². The molecule has 1 aliphatic heterocycles. The van der Waals surface area contributed by atoms with E-state index in [-0.39, 0.29) is 17.6 Å². The van der Waals surface area contributed by atoms with E-state index in [4.69, 9.17) is 19.2 Å². The number of carbonyl (C=O) groups excluding carboxylic acids is 1. The van der Waals surface area contributed by atoms with E-state index < -0.39 is 6.04 Å². The van der Waals surface area contributed by atoms with Gasteiger partial charge in [0, 0.05) is 5.69 Å². The monoisotopic (exact) mass is 709 g/mol. The van der Waals surface area contributed by atoms with Gasteiger partial charge in [-0.15, -0.1) is 0 Å². The number of nitrogens with zero attached hydrogens (tertiary/aromatic N) is 2. The third kappa shape index (κ3) is 6.54. The summed E-state index contributed by atoms with van der Waals surface area (Å²) in [5, 5.41) is 2.98. The maximum atomic E-state index is 14.1. The lowest BCUT2D eigenvalue weighted by molar-refractivity contribution is -0.113. The molecule has 0 unspecified atom stereocenters. The Bertz CT molecular complexity index is 1860. The lowest BCUT2D eigenvalue weighted by atomic mass is 9.95. The van der Waals surface area contributed by atoms with Crippen molar-refractivity contribution in [3.8, 4) is 17.2 Å². The van der Waals surface area contributed by atoms with Gasteiger partial charge in [0.25, 0.3) is 11.5 Å². The van der Waals surface area contributed by atoms with Crippen LogP contribution in [0.5, 0.6) is 17.2 Å². The van der Waals surface area contributed by atoms with Crippen molar-refractivity contribution in [3.63, 3.8) is 0 Å². The van der Waals surface area contributed by atoms with Crippen molar-refractivity contribution < 1.29 is 19.0 Å². The molecule has 43 heavy (non-hydrogen) atoms. The highest BCUT2D eigenvalue weighted by Gasteiger charge is 2.32. The van der Waals surface area contributed by atoms with E-state index in [1.54, 1.807) is 18.6 Å². The van der Waals surface area contributed by atoms with Crippen LogP contribution in [-0.2, 0) is 4.79 Å². The maximum Gasteiger partial charge on any atom is 0.271 e. The lowest BCUT2D eigenvalue weighted by Crippen LogP contribution is -2.40. The molecule has 4 aromatic rings. The molecule has 1 aromatic heterocycles. The van der Waals surface area contributed by atoms with Gasteiger partial charge in [0.1, 0.15) is 5.75 Å². The van der Waals surface area contributed by atoms with Gasteiger partial charge in [-0.2, -0.15) is 0 Å². The minimum atomic E-state index is -0.686. The Morgan fingerprint density at radius 3 is 2.51 bits per heavy atom. The molecule has 1 atom stereocenters. The molecule has 8 nitrogen and oxygen atoms in total. The summed E-state index contributed by atoms with van der Waals surface area (Å²) in [6.45, 7) is 8.18. The van der Waals surface area contributed by atoms with Crippen molar-refractivity contribution in [1.29, 1.82) is 0 Å².